The van der Waals surface area contributed by atoms with Crippen molar-refractivity contribution >= 4 is 22.9 Å². The lowest BCUT2D eigenvalue weighted by Crippen LogP contribution is -2.32. The normalized spacial score (nSPS) is 16.2. The quantitative estimate of drug-likeness (QED) is 0.744. The van der Waals surface area contributed by atoms with Crippen LogP contribution in [0.5, 0.6) is 0 Å². The van der Waals surface area contributed by atoms with Gasteiger partial charge in [0.05, 0.1) is 11.4 Å². The van der Waals surface area contributed by atoms with Crippen LogP contribution in [0.3, 0.4) is 0 Å². The van der Waals surface area contributed by atoms with Crippen molar-refractivity contribution < 1.29 is 4.79 Å². The first-order valence-electron chi connectivity index (χ1n) is 7.05. The molecule has 0 bridgehead atoms. The number of benzene rings is 1. The maximum atomic E-state index is 11.9. The number of anilines is 2. The van der Waals surface area contributed by atoms with Crippen molar-refractivity contribution in [3.8, 4) is 6.07 Å². The van der Waals surface area contributed by atoms with E-state index in [2.05, 4.69) is 31.3 Å². The number of H-pyrrole nitrogens is 1. The number of tetrazole rings is 1. The fourth-order valence-electron chi connectivity index (χ4n) is 2.62. The van der Waals surface area contributed by atoms with Gasteiger partial charge in [-0.25, -0.2) is 0 Å². The molecule has 1 aromatic carbocycles. The molecule has 1 aromatic heterocycles. The summed E-state index contributed by atoms with van der Waals surface area (Å²) in [6, 6.07) is 7.75. The van der Waals surface area contributed by atoms with Gasteiger partial charge in [-0.3, -0.25) is 4.79 Å². The third-order valence-corrected chi connectivity index (χ3v) is 3.74. The average Bonchev–Trinajstić information content (AvgIpc) is 3.02. The first kappa shape index (κ1) is 14.7. The lowest BCUT2D eigenvalue weighted by Gasteiger charge is -2.33. The van der Waals surface area contributed by atoms with Gasteiger partial charge < -0.3 is 10.6 Å². The largest absolute Gasteiger partial charge is 0.359 e. The lowest BCUT2D eigenvalue weighted by atomic mass is 9.77. The van der Waals surface area contributed by atoms with Crippen LogP contribution in [0.15, 0.2) is 24.4 Å². The Hall–Kier alpha value is -3.21. The highest BCUT2D eigenvalue weighted by Gasteiger charge is 2.32. The first-order chi connectivity index (χ1) is 11.0. The van der Waals surface area contributed by atoms with E-state index in [4.69, 9.17) is 0 Å². The van der Waals surface area contributed by atoms with E-state index in [0.717, 1.165) is 11.3 Å². The second-order valence-corrected chi connectivity index (χ2v) is 5.89. The molecule has 1 aliphatic heterocycles. The van der Waals surface area contributed by atoms with Gasteiger partial charge in [-0.05, 0) is 16.8 Å². The van der Waals surface area contributed by atoms with Crippen LogP contribution in [0.2, 0.25) is 0 Å². The van der Waals surface area contributed by atoms with Gasteiger partial charge in [-0.2, -0.15) is 10.5 Å². The predicted octanol–water partition coefficient (Wildman–Crippen LogP) is 1.80. The minimum absolute atomic E-state index is 0.0283. The fraction of sp³-hybridized carbons (Fsp3) is 0.267. The maximum absolute atomic E-state index is 11.9. The lowest BCUT2D eigenvalue weighted by molar-refractivity contribution is -0.117. The monoisotopic (exact) mass is 309 g/mol. The van der Waals surface area contributed by atoms with Crippen molar-refractivity contribution in [2.75, 3.05) is 10.6 Å². The molecule has 0 atom stereocenters. The average molecular weight is 309 g/mol. The highest BCUT2D eigenvalue weighted by atomic mass is 16.1. The van der Waals surface area contributed by atoms with E-state index in [1.807, 2.05) is 38.1 Å². The molecule has 3 N–H and O–H groups in total. The van der Waals surface area contributed by atoms with Crippen molar-refractivity contribution in [3.05, 3.63) is 35.8 Å². The predicted molar refractivity (Wildman–Crippen MR) is 84.1 cm³/mol. The molecule has 8 heteroatoms. The number of nitrogens with one attached hydrogen (secondary N) is 3. The number of fused-ring (bicyclic) bond motifs is 1. The molecule has 0 radical (unpaired) electrons. The molecule has 2 aromatic rings. The van der Waals surface area contributed by atoms with E-state index in [1.165, 1.54) is 6.20 Å². The molecule has 0 fully saturated rings. The molecule has 0 aliphatic carbocycles. The number of allylic oxidation sites excluding steroid dienone is 1. The number of amides is 1. The third kappa shape index (κ3) is 2.76. The van der Waals surface area contributed by atoms with Crippen LogP contribution < -0.4 is 10.6 Å². The molecule has 0 spiro atoms. The zero-order chi connectivity index (χ0) is 16.4. The van der Waals surface area contributed by atoms with Gasteiger partial charge in [0.15, 0.2) is 0 Å². The summed E-state index contributed by atoms with van der Waals surface area (Å²) in [7, 11) is 0. The molecule has 0 saturated carbocycles. The van der Waals surface area contributed by atoms with E-state index in [0.29, 0.717) is 12.1 Å². The topological polar surface area (TPSA) is 119 Å². The van der Waals surface area contributed by atoms with Crippen LogP contribution in [0.25, 0.3) is 5.57 Å². The van der Waals surface area contributed by atoms with Crippen LogP contribution in [0.1, 0.15) is 31.7 Å². The number of nitrogens with zero attached hydrogens (tertiary/aromatic N) is 4. The van der Waals surface area contributed by atoms with Gasteiger partial charge in [-0.1, -0.05) is 26.0 Å². The summed E-state index contributed by atoms with van der Waals surface area (Å²) in [5.74, 6) is 0.175. The van der Waals surface area contributed by atoms with Gasteiger partial charge in [0.2, 0.25) is 11.7 Å². The minimum Gasteiger partial charge on any atom is -0.359 e. The standard InChI is InChI=1S/C15H15N7O/c1-15(2)6-12(23)18-13-10(15)4-3-5-11(13)17-8-9(7-16)14-19-21-22-20-14/h3-5,8,17H,6H2,1-2H3,(H,18,23)(H,19,20,21,22). The van der Waals surface area contributed by atoms with Crippen molar-refractivity contribution in [2.45, 2.75) is 25.7 Å². The van der Waals surface area contributed by atoms with E-state index in [1.54, 1.807) is 0 Å². The van der Waals surface area contributed by atoms with Gasteiger partial charge in [-0.15, -0.1) is 10.2 Å². The smallest absolute Gasteiger partial charge is 0.225 e. The number of hydrogen-bond acceptors (Lipinski definition) is 6. The Morgan fingerprint density at radius 1 is 1.48 bits per heavy atom. The Morgan fingerprint density at radius 3 is 3.00 bits per heavy atom. The van der Waals surface area contributed by atoms with Crippen molar-refractivity contribution in [1.29, 1.82) is 5.26 Å². The highest BCUT2D eigenvalue weighted by molar-refractivity contribution is 5.99. The Labute approximate surface area is 132 Å². The zero-order valence-corrected chi connectivity index (χ0v) is 12.7. The van der Waals surface area contributed by atoms with E-state index in [9.17, 15) is 10.1 Å². The maximum Gasteiger partial charge on any atom is 0.225 e. The SMILES string of the molecule is CC1(C)CC(=O)Nc2c(NC=C(C#N)c3nn[nH]n3)cccc21. The number of carbonyl (C=O) groups excluding carboxylic acids is 1. The number of rotatable bonds is 3. The molecule has 2 heterocycles. The molecule has 116 valence electrons. The number of aromatic amines is 1. The van der Waals surface area contributed by atoms with Crippen molar-refractivity contribution in [3.63, 3.8) is 0 Å². The van der Waals surface area contributed by atoms with Gasteiger partial charge >= 0.3 is 0 Å². The van der Waals surface area contributed by atoms with Gasteiger partial charge in [0.25, 0.3) is 0 Å². The Kier molecular flexibility index (Phi) is 3.54. The van der Waals surface area contributed by atoms with Crippen LogP contribution in [-0.4, -0.2) is 26.5 Å². The molecular formula is C15H15N7O. The minimum atomic E-state index is -0.245. The molecule has 1 aliphatic rings. The second-order valence-electron chi connectivity index (χ2n) is 5.89. The summed E-state index contributed by atoms with van der Waals surface area (Å²) in [5, 5.41) is 28.4. The third-order valence-electron chi connectivity index (χ3n) is 3.74. The van der Waals surface area contributed by atoms with Crippen molar-refractivity contribution in [2.24, 2.45) is 0 Å². The van der Waals surface area contributed by atoms with Crippen LogP contribution in [0.4, 0.5) is 11.4 Å². The first-order valence-corrected chi connectivity index (χ1v) is 7.05. The second kappa shape index (κ2) is 5.53. The van der Waals surface area contributed by atoms with Crippen LogP contribution in [0, 0.1) is 11.3 Å². The molecule has 23 heavy (non-hydrogen) atoms. The van der Waals surface area contributed by atoms with Gasteiger partial charge in [0, 0.05) is 18.0 Å². The van der Waals surface area contributed by atoms with Crippen molar-refractivity contribution in [1.82, 2.24) is 20.6 Å². The molecule has 1 amide bonds. The molecule has 8 nitrogen and oxygen atoms in total. The summed E-state index contributed by atoms with van der Waals surface area (Å²) in [4.78, 5) is 11.9. The van der Waals surface area contributed by atoms with E-state index in [-0.39, 0.29) is 22.7 Å². The van der Waals surface area contributed by atoms with E-state index >= 15 is 0 Å². The fourth-order valence-corrected chi connectivity index (χ4v) is 2.62. The number of aromatic nitrogens is 4. The number of hydrogen-bond donors (Lipinski definition) is 3. The summed E-state index contributed by atoms with van der Waals surface area (Å²) < 4.78 is 0. The molecule has 0 unspecified atom stereocenters. The Balaban J connectivity index is 1.96. The molecular weight excluding hydrogens is 294 g/mol. The highest BCUT2D eigenvalue weighted by Crippen LogP contribution is 2.40. The molecule has 3 rings (SSSR count). The summed E-state index contributed by atoms with van der Waals surface area (Å²) in [6.07, 6.45) is 1.93. The Bertz CT molecular complexity index is 815. The van der Waals surface area contributed by atoms with E-state index < -0.39 is 0 Å². The summed E-state index contributed by atoms with van der Waals surface area (Å²) in [5.41, 5.74) is 2.48. The Morgan fingerprint density at radius 2 is 2.30 bits per heavy atom. The van der Waals surface area contributed by atoms with Crippen LogP contribution in [-0.2, 0) is 10.2 Å². The molecule has 0 saturated heterocycles. The summed E-state index contributed by atoms with van der Waals surface area (Å²) >= 11 is 0. The number of para-hydroxylation sites is 1. The zero-order valence-electron chi connectivity index (χ0n) is 12.7. The number of carbonyl (C=O) groups is 1. The number of nitriles is 1. The van der Waals surface area contributed by atoms with Gasteiger partial charge in [0.1, 0.15) is 11.6 Å². The summed E-state index contributed by atoms with van der Waals surface area (Å²) in [6.45, 7) is 4.06. The van der Waals surface area contributed by atoms with Crippen LogP contribution >= 0.6 is 0 Å².